The zero-order valence-corrected chi connectivity index (χ0v) is 7.94. The van der Waals surface area contributed by atoms with Crippen molar-refractivity contribution in [3.8, 4) is 0 Å². The molecule has 1 heterocycles. The third kappa shape index (κ3) is 4.59. The molecule has 0 atom stereocenters. The minimum Gasteiger partial charge on any atom is -0.380 e. The lowest BCUT2D eigenvalue weighted by molar-refractivity contribution is 0.149. The number of hydrogen-bond donors (Lipinski definition) is 1. The predicted octanol–water partition coefficient (Wildman–Crippen LogP) is -0.0958. The smallest absolute Gasteiger partial charge is 0.0692 e. The molecule has 5 heteroatoms. The van der Waals surface area contributed by atoms with Crippen LogP contribution >= 0.6 is 0 Å². The summed E-state index contributed by atoms with van der Waals surface area (Å²) < 4.78 is 6.97. The summed E-state index contributed by atoms with van der Waals surface area (Å²) in [6.45, 7) is 6.19. The number of rotatable bonds is 7. The van der Waals surface area contributed by atoms with Crippen LogP contribution in [0.4, 0.5) is 0 Å². The quantitative estimate of drug-likeness (QED) is 0.601. The summed E-state index contributed by atoms with van der Waals surface area (Å²) in [5, 5.41) is 10.8. The van der Waals surface area contributed by atoms with Gasteiger partial charge in [-0.2, -0.15) is 0 Å². The van der Waals surface area contributed by atoms with Crippen molar-refractivity contribution in [1.29, 1.82) is 0 Å². The number of hydrogen-bond acceptors (Lipinski definition) is 4. The van der Waals surface area contributed by atoms with Crippen LogP contribution in [0.2, 0.25) is 0 Å². The summed E-state index contributed by atoms with van der Waals surface area (Å²) in [6, 6.07) is 0. The molecular formula is C8H16N4O. The first-order valence-corrected chi connectivity index (χ1v) is 4.56. The molecule has 0 spiro atoms. The Morgan fingerprint density at radius 3 is 3.08 bits per heavy atom. The van der Waals surface area contributed by atoms with E-state index in [0.29, 0.717) is 0 Å². The Balaban J connectivity index is 1.90. The average Bonchev–Trinajstić information content (AvgIpc) is 2.63. The van der Waals surface area contributed by atoms with Gasteiger partial charge < -0.3 is 10.1 Å². The van der Waals surface area contributed by atoms with Gasteiger partial charge in [-0.15, -0.1) is 5.10 Å². The fourth-order valence-corrected chi connectivity index (χ4v) is 0.959. The van der Waals surface area contributed by atoms with Crippen LogP contribution in [-0.2, 0) is 11.3 Å². The van der Waals surface area contributed by atoms with Crippen molar-refractivity contribution < 1.29 is 4.74 Å². The molecule has 0 aliphatic carbocycles. The van der Waals surface area contributed by atoms with Crippen LogP contribution in [0.3, 0.4) is 0 Å². The fourth-order valence-electron chi connectivity index (χ4n) is 0.959. The van der Waals surface area contributed by atoms with Gasteiger partial charge >= 0.3 is 0 Å². The number of nitrogens with one attached hydrogen (secondary N) is 1. The van der Waals surface area contributed by atoms with Gasteiger partial charge in [-0.1, -0.05) is 5.21 Å². The highest BCUT2D eigenvalue weighted by Crippen LogP contribution is 1.78. The summed E-state index contributed by atoms with van der Waals surface area (Å²) in [5.41, 5.74) is 0. The molecule has 0 saturated heterocycles. The van der Waals surface area contributed by atoms with Gasteiger partial charge in [-0.3, -0.25) is 4.68 Å². The Morgan fingerprint density at radius 2 is 2.38 bits per heavy atom. The van der Waals surface area contributed by atoms with Crippen LogP contribution in [0.25, 0.3) is 0 Å². The van der Waals surface area contributed by atoms with Gasteiger partial charge in [0.1, 0.15) is 0 Å². The molecule has 1 aromatic heterocycles. The first kappa shape index (κ1) is 10.1. The number of nitrogens with zero attached hydrogens (tertiary/aromatic N) is 3. The Morgan fingerprint density at radius 1 is 1.46 bits per heavy atom. The molecule has 0 bridgehead atoms. The molecule has 5 nitrogen and oxygen atoms in total. The molecule has 0 amide bonds. The maximum Gasteiger partial charge on any atom is 0.0692 e. The monoisotopic (exact) mass is 184 g/mol. The molecule has 1 N–H and O–H groups in total. The summed E-state index contributed by atoms with van der Waals surface area (Å²) in [4.78, 5) is 0. The van der Waals surface area contributed by atoms with E-state index in [2.05, 4.69) is 15.6 Å². The van der Waals surface area contributed by atoms with E-state index >= 15 is 0 Å². The van der Waals surface area contributed by atoms with Crippen molar-refractivity contribution in [2.75, 3.05) is 26.3 Å². The topological polar surface area (TPSA) is 52.0 Å². The second kappa shape index (κ2) is 6.56. The van der Waals surface area contributed by atoms with Crippen LogP contribution in [-0.4, -0.2) is 41.3 Å². The second-order valence-electron chi connectivity index (χ2n) is 2.61. The molecule has 0 fully saturated rings. The highest BCUT2D eigenvalue weighted by molar-refractivity contribution is 4.64. The van der Waals surface area contributed by atoms with Gasteiger partial charge in [0.2, 0.25) is 0 Å². The van der Waals surface area contributed by atoms with Gasteiger partial charge in [-0.05, 0) is 6.92 Å². The van der Waals surface area contributed by atoms with E-state index < -0.39 is 0 Å². The second-order valence-corrected chi connectivity index (χ2v) is 2.61. The molecule has 1 aromatic rings. The van der Waals surface area contributed by atoms with E-state index in [-0.39, 0.29) is 0 Å². The minimum atomic E-state index is 0.772. The van der Waals surface area contributed by atoms with Crippen molar-refractivity contribution in [1.82, 2.24) is 20.3 Å². The van der Waals surface area contributed by atoms with E-state index in [1.807, 2.05) is 13.1 Å². The average molecular weight is 184 g/mol. The maximum absolute atomic E-state index is 5.17. The molecule has 0 unspecified atom stereocenters. The van der Waals surface area contributed by atoms with Crippen molar-refractivity contribution in [2.45, 2.75) is 13.5 Å². The standard InChI is InChI=1S/C8H16N4O/c1-2-13-8-5-9-3-6-12-7-4-10-11-12/h4,7,9H,2-3,5-6,8H2,1H3. The summed E-state index contributed by atoms with van der Waals surface area (Å²) in [6.07, 6.45) is 3.53. The van der Waals surface area contributed by atoms with E-state index in [4.69, 9.17) is 4.74 Å². The summed E-state index contributed by atoms with van der Waals surface area (Å²) in [5.74, 6) is 0. The molecular weight excluding hydrogens is 168 g/mol. The highest BCUT2D eigenvalue weighted by Gasteiger charge is 1.90. The van der Waals surface area contributed by atoms with E-state index in [9.17, 15) is 0 Å². The molecule has 74 valence electrons. The van der Waals surface area contributed by atoms with Crippen molar-refractivity contribution >= 4 is 0 Å². The van der Waals surface area contributed by atoms with Crippen LogP contribution in [0.15, 0.2) is 12.4 Å². The lowest BCUT2D eigenvalue weighted by Crippen LogP contribution is -2.24. The summed E-state index contributed by atoms with van der Waals surface area (Å²) >= 11 is 0. The Labute approximate surface area is 78.1 Å². The maximum atomic E-state index is 5.17. The third-order valence-corrected chi connectivity index (χ3v) is 1.62. The normalized spacial score (nSPS) is 10.5. The highest BCUT2D eigenvalue weighted by atomic mass is 16.5. The van der Waals surface area contributed by atoms with Gasteiger partial charge in [0.05, 0.1) is 19.3 Å². The summed E-state index contributed by atoms with van der Waals surface area (Å²) in [7, 11) is 0. The van der Waals surface area contributed by atoms with Crippen LogP contribution < -0.4 is 5.32 Å². The van der Waals surface area contributed by atoms with Crippen molar-refractivity contribution in [3.63, 3.8) is 0 Å². The lowest BCUT2D eigenvalue weighted by Gasteiger charge is -2.03. The number of ether oxygens (including phenoxy) is 1. The fraction of sp³-hybridized carbons (Fsp3) is 0.750. The van der Waals surface area contributed by atoms with E-state index in [0.717, 1.165) is 32.8 Å². The zero-order valence-electron chi connectivity index (χ0n) is 7.94. The Hall–Kier alpha value is -0.940. The first-order valence-electron chi connectivity index (χ1n) is 4.56. The molecule has 13 heavy (non-hydrogen) atoms. The predicted molar refractivity (Wildman–Crippen MR) is 49.4 cm³/mol. The van der Waals surface area contributed by atoms with E-state index in [1.54, 1.807) is 10.9 Å². The van der Waals surface area contributed by atoms with Crippen LogP contribution in [0.5, 0.6) is 0 Å². The SMILES string of the molecule is CCOCCNCCn1ccnn1. The third-order valence-electron chi connectivity index (χ3n) is 1.62. The van der Waals surface area contributed by atoms with Gasteiger partial charge in [0.15, 0.2) is 0 Å². The van der Waals surface area contributed by atoms with Crippen molar-refractivity contribution in [3.05, 3.63) is 12.4 Å². The molecule has 0 radical (unpaired) electrons. The van der Waals surface area contributed by atoms with Gasteiger partial charge in [-0.25, -0.2) is 0 Å². The molecule has 0 saturated carbocycles. The van der Waals surface area contributed by atoms with Crippen LogP contribution in [0, 0.1) is 0 Å². The molecule has 0 aliphatic rings. The number of aromatic nitrogens is 3. The first-order chi connectivity index (χ1) is 6.43. The van der Waals surface area contributed by atoms with Gasteiger partial charge in [0, 0.05) is 25.9 Å². The molecule has 0 aliphatic heterocycles. The Kier molecular flexibility index (Phi) is 5.12. The van der Waals surface area contributed by atoms with Crippen LogP contribution in [0.1, 0.15) is 6.92 Å². The molecule has 1 rings (SSSR count). The van der Waals surface area contributed by atoms with E-state index in [1.165, 1.54) is 0 Å². The Bertz CT molecular complexity index is 200. The lowest BCUT2D eigenvalue weighted by atomic mass is 10.6. The molecule has 0 aromatic carbocycles. The largest absolute Gasteiger partial charge is 0.380 e. The zero-order chi connectivity index (χ0) is 9.36. The minimum absolute atomic E-state index is 0.772. The van der Waals surface area contributed by atoms with Gasteiger partial charge in [0.25, 0.3) is 0 Å². The van der Waals surface area contributed by atoms with Crippen molar-refractivity contribution in [2.24, 2.45) is 0 Å².